The Bertz CT molecular complexity index is 1030. The van der Waals surface area contributed by atoms with Crippen LogP contribution in [0.15, 0.2) is 59.9 Å². The highest BCUT2D eigenvalue weighted by Crippen LogP contribution is 2.52. The van der Waals surface area contributed by atoms with E-state index in [2.05, 4.69) is 32.9 Å². The molecule has 3 aliphatic rings. The number of guanidine groups is 1. The van der Waals surface area contributed by atoms with Gasteiger partial charge in [0.15, 0.2) is 5.96 Å². The number of imide groups is 1. The van der Waals surface area contributed by atoms with Crippen molar-refractivity contribution in [1.29, 1.82) is 0 Å². The number of nitrogens with one attached hydrogen (secondary N) is 2. The molecule has 2 N–H and O–H groups in total. The summed E-state index contributed by atoms with van der Waals surface area (Å²) in [6, 6.07) is 10.1. The van der Waals surface area contributed by atoms with Gasteiger partial charge in [0, 0.05) is 32.0 Å². The first kappa shape index (κ1) is 21.4. The summed E-state index contributed by atoms with van der Waals surface area (Å²) in [5.41, 5.74) is 2.11. The van der Waals surface area contributed by atoms with E-state index < -0.39 is 0 Å². The minimum Gasteiger partial charge on any atom is -0.357 e. The number of hydrogen-bond donors (Lipinski definition) is 2. The zero-order valence-electron chi connectivity index (χ0n) is 18.9. The molecule has 0 radical (unpaired) electrons. The average molecular weight is 447 g/mol. The number of amides is 2. The normalized spacial score (nSPS) is 25.7. The molecule has 172 valence electrons. The van der Waals surface area contributed by atoms with Gasteiger partial charge in [0.2, 0.25) is 11.8 Å². The molecule has 1 aromatic heterocycles. The van der Waals surface area contributed by atoms with E-state index in [4.69, 9.17) is 0 Å². The van der Waals surface area contributed by atoms with E-state index in [0.717, 1.165) is 30.2 Å². The summed E-state index contributed by atoms with van der Waals surface area (Å²) in [4.78, 5) is 31.7. The lowest BCUT2D eigenvalue weighted by Crippen LogP contribution is -2.40. The molecule has 2 heterocycles. The highest BCUT2D eigenvalue weighted by molar-refractivity contribution is 6.06. The molecule has 8 nitrogen and oxygen atoms in total. The highest BCUT2D eigenvalue weighted by atomic mass is 16.2. The van der Waals surface area contributed by atoms with E-state index in [-0.39, 0.29) is 35.5 Å². The number of aliphatic imine (C=N–C) groups is 1. The first-order chi connectivity index (χ1) is 16.2. The van der Waals surface area contributed by atoms with Crippen molar-refractivity contribution in [3.8, 4) is 5.69 Å². The fourth-order valence-corrected chi connectivity index (χ4v) is 5.32. The second-order valence-electron chi connectivity index (χ2n) is 8.92. The zero-order valence-corrected chi connectivity index (χ0v) is 18.9. The van der Waals surface area contributed by atoms with Gasteiger partial charge in [0.25, 0.3) is 0 Å². The van der Waals surface area contributed by atoms with Crippen molar-refractivity contribution in [3.63, 3.8) is 0 Å². The number of nitrogens with zero attached hydrogens (tertiary/aromatic N) is 4. The maximum Gasteiger partial charge on any atom is 0.233 e. The van der Waals surface area contributed by atoms with Crippen LogP contribution in [0.1, 0.15) is 25.3 Å². The Morgan fingerprint density at radius 2 is 1.82 bits per heavy atom. The van der Waals surface area contributed by atoms with Crippen molar-refractivity contribution in [3.05, 3.63) is 60.4 Å². The zero-order chi connectivity index (χ0) is 22.8. The van der Waals surface area contributed by atoms with Gasteiger partial charge >= 0.3 is 0 Å². The molecule has 1 saturated heterocycles. The van der Waals surface area contributed by atoms with Gasteiger partial charge in [-0.05, 0) is 55.4 Å². The van der Waals surface area contributed by atoms with Crippen LogP contribution < -0.4 is 10.6 Å². The summed E-state index contributed by atoms with van der Waals surface area (Å²) < 4.78 is 1.82. The monoisotopic (exact) mass is 446 g/mol. The predicted molar refractivity (Wildman–Crippen MR) is 125 cm³/mol. The van der Waals surface area contributed by atoms with E-state index in [1.165, 1.54) is 4.90 Å². The number of carbonyl (C=O) groups excluding carboxylic acids is 2. The highest BCUT2D eigenvalue weighted by Gasteiger charge is 2.58. The number of carbonyl (C=O) groups is 2. The molecule has 2 bridgehead atoms. The molecule has 2 aliphatic carbocycles. The fraction of sp³-hybridized carbons (Fsp3) is 0.440. The maximum absolute atomic E-state index is 12.8. The van der Waals surface area contributed by atoms with Crippen molar-refractivity contribution in [1.82, 2.24) is 25.3 Å². The lowest BCUT2D eigenvalue weighted by atomic mass is 9.85. The number of allylic oxidation sites excluding steroid dienone is 2. The molecular formula is C25H30N6O2. The quantitative estimate of drug-likeness (QED) is 0.213. The van der Waals surface area contributed by atoms with Gasteiger partial charge < -0.3 is 10.6 Å². The van der Waals surface area contributed by atoms with E-state index in [9.17, 15) is 9.59 Å². The summed E-state index contributed by atoms with van der Waals surface area (Å²) in [6.07, 6.45) is 9.60. The van der Waals surface area contributed by atoms with Crippen LogP contribution >= 0.6 is 0 Å². The van der Waals surface area contributed by atoms with Crippen LogP contribution in [0, 0.1) is 23.7 Å². The third kappa shape index (κ3) is 4.17. The van der Waals surface area contributed by atoms with Crippen molar-refractivity contribution in [2.75, 3.05) is 19.6 Å². The fourth-order valence-electron chi connectivity index (χ4n) is 5.32. The van der Waals surface area contributed by atoms with E-state index >= 15 is 0 Å². The molecule has 2 aromatic rings. The van der Waals surface area contributed by atoms with Crippen LogP contribution in [-0.2, 0) is 16.1 Å². The third-order valence-electron chi connectivity index (χ3n) is 6.88. The number of benzene rings is 1. The van der Waals surface area contributed by atoms with Crippen LogP contribution in [-0.4, -0.2) is 52.1 Å². The smallest absolute Gasteiger partial charge is 0.233 e. The molecule has 2 amide bonds. The Labute approximate surface area is 193 Å². The summed E-state index contributed by atoms with van der Waals surface area (Å²) >= 11 is 0. The predicted octanol–water partition coefficient (Wildman–Crippen LogP) is 2.12. The van der Waals surface area contributed by atoms with Gasteiger partial charge in [0.05, 0.1) is 24.1 Å². The van der Waals surface area contributed by atoms with Gasteiger partial charge in [-0.25, -0.2) is 9.67 Å². The number of hydrogen-bond acceptors (Lipinski definition) is 4. The van der Waals surface area contributed by atoms with Crippen LogP contribution in [0.4, 0.5) is 0 Å². The van der Waals surface area contributed by atoms with Gasteiger partial charge in [-0.2, -0.15) is 5.10 Å². The molecule has 1 saturated carbocycles. The molecule has 5 rings (SSSR count). The largest absolute Gasteiger partial charge is 0.357 e. The maximum atomic E-state index is 12.8. The van der Waals surface area contributed by atoms with E-state index in [1.54, 1.807) is 6.20 Å². The van der Waals surface area contributed by atoms with Crippen LogP contribution in [0.2, 0.25) is 0 Å². The summed E-state index contributed by atoms with van der Waals surface area (Å²) in [5, 5.41) is 10.8. The van der Waals surface area contributed by atoms with E-state index in [1.807, 2.05) is 48.1 Å². The van der Waals surface area contributed by atoms with Crippen LogP contribution in [0.5, 0.6) is 0 Å². The molecule has 8 heteroatoms. The molecule has 1 aromatic carbocycles. The standard InChI is InChI=1S/C25H30N6O2/c1-2-26-25(28-16-17-5-9-20(10-6-17)31-14-4-12-29-31)27-11-3-13-30-23(32)21-18-7-8-19(15-18)22(21)24(30)33/h4-10,12,14,18-19,21-22H,2-3,11,13,15-16H2,1H3,(H2,26,27,28). The third-order valence-corrected chi connectivity index (χ3v) is 6.88. The minimum atomic E-state index is -0.112. The van der Waals surface area contributed by atoms with Crippen molar-refractivity contribution in [2.24, 2.45) is 28.7 Å². The lowest BCUT2D eigenvalue weighted by molar-refractivity contribution is -0.140. The number of rotatable bonds is 8. The van der Waals surface area contributed by atoms with Gasteiger partial charge in [-0.3, -0.25) is 14.5 Å². The summed E-state index contributed by atoms with van der Waals surface area (Å²) in [7, 11) is 0. The molecule has 4 atom stereocenters. The Balaban J connectivity index is 1.11. The summed E-state index contributed by atoms with van der Waals surface area (Å²) in [5.74, 6) is 1.09. The topological polar surface area (TPSA) is 91.6 Å². The SMILES string of the molecule is CCNC(=NCc1ccc(-n2cccn2)cc1)NCCCN1C(=O)C2C3C=CC(C3)C2C1=O. The second kappa shape index (κ2) is 9.21. The van der Waals surface area contributed by atoms with Crippen molar-refractivity contribution < 1.29 is 9.59 Å². The summed E-state index contributed by atoms with van der Waals surface area (Å²) in [6.45, 7) is 4.44. The Kier molecular flexibility index (Phi) is 5.98. The molecule has 2 fully saturated rings. The van der Waals surface area contributed by atoms with Crippen LogP contribution in [0.25, 0.3) is 5.69 Å². The van der Waals surface area contributed by atoms with Crippen LogP contribution in [0.3, 0.4) is 0 Å². The first-order valence-electron chi connectivity index (χ1n) is 11.8. The van der Waals surface area contributed by atoms with Crippen molar-refractivity contribution >= 4 is 17.8 Å². The molecule has 33 heavy (non-hydrogen) atoms. The van der Waals surface area contributed by atoms with Gasteiger partial charge in [-0.15, -0.1) is 0 Å². The first-order valence-corrected chi connectivity index (χ1v) is 11.8. The minimum absolute atomic E-state index is 0.0287. The average Bonchev–Trinajstić information content (AvgIpc) is 3.62. The van der Waals surface area contributed by atoms with Gasteiger partial charge in [-0.1, -0.05) is 24.3 Å². The molecular weight excluding hydrogens is 416 g/mol. The Hall–Kier alpha value is -3.42. The Morgan fingerprint density at radius 1 is 1.09 bits per heavy atom. The van der Waals surface area contributed by atoms with Crippen molar-refractivity contribution in [2.45, 2.75) is 26.3 Å². The lowest BCUT2D eigenvalue weighted by Gasteiger charge is -2.18. The molecule has 0 spiro atoms. The Morgan fingerprint density at radius 3 is 2.45 bits per heavy atom. The molecule has 4 unspecified atom stereocenters. The molecule has 1 aliphatic heterocycles. The van der Waals surface area contributed by atoms with Gasteiger partial charge in [0.1, 0.15) is 0 Å². The second-order valence-corrected chi connectivity index (χ2v) is 8.92. The number of aromatic nitrogens is 2. The number of likely N-dealkylation sites (tertiary alicyclic amines) is 1. The number of fused-ring (bicyclic) bond motifs is 5. The van der Waals surface area contributed by atoms with E-state index in [0.29, 0.717) is 26.1 Å².